The Balaban J connectivity index is 3.52. The second-order valence-electron chi connectivity index (χ2n) is 1.80. The highest BCUT2D eigenvalue weighted by molar-refractivity contribution is 7.84. The summed E-state index contributed by atoms with van der Waals surface area (Å²) < 4.78 is 20.6. The average molecular weight is 166 g/mol. The van der Waals surface area contributed by atoms with Gasteiger partial charge in [0.25, 0.3) is 0 Å². The Labute approximate surface area is 64.2 Å². The summed E-state index contributed by atoms with van der Waals surface area (Å²) in [6.07, 6.45) is -0.319. The molecule has 0 aromatic rings. The fourth-order valence-electron chi connectivity index (χ4n) is 0.502. The maximum Gasteiger partial charge on any atom is 0.168 e. The molecule has 10 heavy (non-hydrogen) atoms. The third-order valence-electron chi connectivity index (χ3n) is 1.17. The van der Waals surface area contributed by atoms with Gasteiger partial charge in [-0.25, -0.2) is 0 Å². The molecular formula is C6H14O3S. The lowest BCUT2D eigenvalue weighted by molar-refractivity contribution is -0.0847. The number of methoxy groups -OCH3 is 2. The largest absolute Gasteiger partial charge is 0.355 e. The third-order valence-corrected chi connectivity index (χ3v) is 2.46. The van der Waals surface area contributed by atoms with Gasteiger partial charge in [0.2, 0.25) is 0 Å². The van der Waals surface area contributed by atoms with Crippen LogP contribution in [0.4, 0.5) is 0 Å². The molecule has 0 spiro atoms. The molecule has 0 saturated heterocycles. The average Bonchev–Trinajstić information content (AvgIpc) is 1.99. The highest BCUT2D eigenvalue weighted by Gasteiger charge is 2.07. The number of ether oxygens (including phenoxy) is 2. The van der Waals surface area contributed by atoms with E-state index in [2.05, 4.69) is 0 Å². The Morgan fingerprint density at radius 2 is 1.90 bits per heavy atom. The quantitative estimate of drug-likeness (QED) is 0.554. The van der Waals surface area contributed by atoms with Crippen molar-refractivity contribution in [3.63, 3.8) is 0 Å². The summed E-state index contributed by atoms with van der Waals surface area (Å²) in [4.78, 5) is 0. The second-order valence-corrected chi connectivity index (χ2v) is 3.59. The van der Waals surface area contributed by atoms with Gasteiger partial charge in [0.05, 0.1) is 5.75 Å². The first-order valence-electron chi connectivity index (χ1n) is 3.15. The monoisotopic (exact) mass is 166 g/mol. The van der Waals surface area contributed by atoms with E-state index in [1.807, 2.05) is 6.92 Å². The first-order chi connectivity index (χ1) is 4.74. The fourth-order valence-corrected chi connectivity index (χ4v) is 1.31. The number of rotatable bonds is 5. The van der Waals surface area contributed by atoms with Gasteiger partial charge in [-0.1, -0.05) is 6.92 Å². The highest BCUT2D eigenvalue weighted by atomic mass is 32.2. The van der Waals surface area contributed by atoms with Gasteiger partial charge in [0, 0.05) is 30.8 Å². The van der Waals surface area contributed by atoms with E-state index < -0.39 is 10.8 Å². The summed E-state index contributed by atoms with van der Waals surface area (Å²) in [5.41, 5.74) is 0. The van der Waals surface area contributed by atoms with E-state index in [1.54, 1.807) is 14.2 Å². The normalized spacial score (nSPS) is 14.0. The van der Waals surface area contributed by atoms with Crippen LogP contribution in [0.5, 0.6) is 0 Å². The third kappa shape index (κ3) is 3.98. The SMILES string of the molecule is CCS(=O)CC(OC)OC. The van der Waals surface area contributed by atoms with Crippen LogP contribution in [0.25, 0.3) is 0 Å². The van der Waals surface area contributed by atoms with Crippen LogP contribution in [-0.4, -0.2) is 36.2 Å². The van der Waals surface area contributed by atoms with Crippen LogP contribution in [0.2, 0.25) is 0 Å². The smallest absolute Gasteiger partial charge is 0.168 e. The zero-order valence-corrected chi connectivity index (χ0v) is 7.44. The molecule has 0 aromatic carbocycles. The summed E-state index contributed by atoms with van der Waals surface area (Å²) in [5.74, 6) is 1.12. The minimum atomic E-state index is -0.807. The van der Waals surface area contributed by atoms with Crippen LogP contribution in [0.3, 0.4) is 0 Å². The molecule has 0 N–H and O–H groups in total. The zero-order valence-electron chi connectivity index (χ0n) is 6.62. The van der Waals surface area contributed by atoms with Crippen LogP contribution < -0.4 is 0 Å². The van der Waals surface area contributed by atoms with Gasteiger partial charge in [-0.3, -0.25) is 4.21 Å². The minimum Gasteiger partial charge on any atom is -0.355 e. The first-order valence-corrected chi connectivity index (χ1v) is 4.64. The van der Waals surface area contributed by atoms with E-state index in [1.165, 1.54) is 0 Å². The minimum absolute atomic E-state index is 0.319. The molecule has 0 heterocycles. The van der Waals surface area contributed by atoms with Crippen molar-refractivity contribution in [1.82, 2.24) is 0 Å². The summed E-state index contributed by atoms with van der Waals surface area (Å²) in [5, 5.41) is 0. The maximum atomic E-state index is 10.9. The molecule has 0 saturated carbocycles. The molecule has 0 bridgehead atoms. The van der Waals surface area contributed by atoms with Crippen LogP contribution in [-0.2, 0) is 20.3 Å². The Hall–Kier alpha value is 0.0700. The molecule has 0 aromatic heterocycles. The molecular weight excluding hydrogens is 152 g/mol. The van der Waals surface area contributed by atoms with Crippen LogP contribution >= 0.6 is 0 Å². The molecule has 1 unspecified atom stereocenters. The summed E-state index contributed by atoms with van der Waals surface area (Å²) in [7, 11) is 2.28. The Morgan fingerprint density at radius 3 is 2.20 bits per heavy atom. The molecule has 0 aliphatic carbocycles. The Morgan fingerprint density at radius 1 is 1.40 bits per heavy atom. The molecule has 0 rings (SSSR count). The van der Waals surface area contributed by atoms with Crippen LogP contribution in [0, 0.1) is 0 Å². The van der Waals surface area contributed by atoms with E-state index in [4.69, 9.17) is 9.47 Å². The van der Waals surface area contributed by atoms with Crippen molar-refractivity contribution in [3.05, 3.63) is 0 Å². The van der Waals surface area contributed by atoms with E-state index in [0.29, 0.717) is 11.5 Å². The summed E-state index contributed by atoms with van der Waals surface area (Å²) in [6, 6.07) is 0. The van der Waals surface area contributed by atoms with Gasteiger partial charge in [-0.05, 0) is 0 Å². The van der Waals surface area contributed by atoms with Crippen molar-refractivity contribution in [1.29, 1.82) is 0 Å². The van der Waals surface area contributed by atoms with Gasteiger partial charge in [0.15, 0.2) is 6.29 Å². The number of hydrogen-bond donors (Lipinski definition) is 0. The van der Waals surface area contributed by atoms with Crippen LogP contribution in [0.1, 0.15) is 6.92 Å². The molecule has 0 radical (unpaired) electrons. The molecule has 0 fully saturated rings. The molecule has 0 amide bonds. The van der Waals surface area contributed by atoms with Crippen LogP contribution in [0.15, 0.2) is 0 Å². The van der Waals surface area contributed by atoms with Gasteiger partial charge >= 0.3 is 0 Å². The lowest BCUT2D eigenvalue weighted by Crippen LogP contribution is -2.21. The van der Waals surface area contributed by atoms with Crippen molar-refractivity contribution >= 4 is 10.8 Å². The Bertz CT molecular complexity index is 101. The van der Waals surface area contributed by atoms with E-state index in [0.717, 1.165) is 0 Å². The Kier molecular flexibility index (Phi) is 5.87. The topological polar surface area (TPSA) is 35.5 Å². The fraction of sp³-hybridized carbons (Fsp3) is 1.00. The maximum absolute atomic E-state index is 10.9. The lowest BCUT2D eigenvalue weighted by atomic mass is 10.7. The predicted octanol–water partition coefficient (Wildman–Crippen LogP) is 0.374. The summed E-state index contributed by atoms with van der Waals surface area (Å²) >= 11 is 0. The van der Waals surface area contributed by atoms with Crippen molar-refractivity contribution in [3.8, 4) is 0 Å². The molecule has 1 atom stereocenters. The molecule has 62 valence electrons. The molecule has 0 aliphatic rings. The van der Waals surface area contributed by atoms with Crippen molar-refractivity contribution < 1.29 is 13.7 Å². The second kappa shape index (κ2) is 5.82. The van der Waals surface area contributed by atoms with E-state index >= 15 is 0 Å². The molecule has 3 nitrogen and oxygen atoms in total. The van der Waals surface area contributed by atoms with Gasteiger partial charge in [-0.2, -0.15) is 0 Å². The predicted molar refractivity (Wildman–Crippen MR) is 41.4 cm³/mol. The van der Waals surface area contributed by atoms with Gasteiger partial charge < -0.3 is 9.47 Å². The van der Waals surface area contributed by atoms with Crippen molar-refractivity contribution in [2.45, 2.75) is 13.2 Å². The van der Waals surface area contributed by atoms with Crippen molar-refractivity contribution in [2.24, 2.45) is 0 Å². The van der Waals surface area contributed by atoms with E-state index in [9.17, 15) is 4.21 Å². The van der Waals surface area contributed by atoms with Gasteiger partial charge in [0.1, 0.15) is 0 Å². The zero-order chi connectivity index (χ0) is 7.98. The van der Waals surface area contributed by atoms with E-state index in [-0.39, 0.29) is 6.29 Å². The number of hydrogen-bond acceptors (Lipinski definition) is 3. The lowest BCUT2D eigenvalue weighted by Gasteiger charge is -2.11. The highest BCUT2D eigenvalue weighted by Crippen LogP contribution is 1.94. The molecule has 0 aliphatic heterocycles. The van der Waals surface area contributed by atoms with Crippen molar-refractivity contribution in [2.75, 3.05) is 25.7 Å². The van der Waals surface area contributed by atoms with Gasteiger partial charge in [-0.15, -0.1) is 0 Å². The standard InChI is InChI=1S/C6H14O3S/c1-4-10(7)5-6(8-2)9-3/h6H,4-5H2,1-3H3. The summed E-state index contributed by atoms with van der Waals surface area (Å²) in [6.45, 7) is 1.87. The first kappa shape index (κ1) is 10.1. The molecule has 4 heteroatoms.